The van der Waals surface area contributed by atoms with Crippen LogP contribution >= 0.6 is 0 Å². The number of methoxy groups -OCH3 is 1. The van der Waals surface area contributed by atoms with Gasteiger partial charge in [-0.15, -0.1) is 0 Å². The maximum atomic E-state index is 11.3. The third-order valence-corrected chi connectivity index (χ3v) is 3.26. The zero-order valence-corrected chi connectivity index (χ0v) is 11.0. The van der Waals surface area contributed by atoms with Crippen molar-refractivity contribution in [2.75, 3.05) is 32.2 Å². The van der Waals surface area contributed by atoms with Crippen LogP contribution in [-0.2, 0) is 22.5 Å². The second-order valence-corrected chi connectivity index (χ2v) is 4.70. The lowest BCUT2D eigenvalue weighted by Crippen LogP contribution is -2.27. The number of carbonyl (C=O) groups excluding carboxylic acids is 1. The minimum atomic E-state index is -0.0765. The summed E-state index contributed by atoms with van der Waals surface area (Å²) in [6, 6.07) is 6.41. The van der Waals surface area contributed by atoms with Gasteiger partial charge in [-0.3, -0.25) is 4.79 Å². The predicted octanol–water partition coefficient (Wildman–Crippen LogP) is 1.33. The van der Waals surface area contributed by atoms with Crippen molar-refractivity contribution in [1.29, 1.82) is 0 Å². The molecule has 0 bridgehead atoms. The fourth-order valence-corrected chi connectivity index (χ4v) is 2.33. The van der Waals surface area contributed by atoms with Crippen LogP contribution in [0.1, 0.15) is 17.5 Å². The van der Waals surface area contributed by atoms with E-state index in [-0.39, 0.29) is 12.5 Å². The minimum absolute atomic E-state index is 0.0765. The Bertz CT molecular complexity index is 432. The molecule has 0 atom stereocenters. The highest BCUT2D eigenvalue weighted by molar-refractivity contribution is 5.77. The van der Waals surface area contributed by atoms with Gasteiger partial charge in [-0.05, 0) is 30.0 Å². The second-order valence-electron chi connectivity index (χ2n) is 4.70. The van der Waals surface area contributed by atoms with E-state index in [1.165, 1.54) is 24.8 Å². The number of aryl methyl sites for hydroxylation is 1. The van der Waals surface area contributed by atoms with E-state index in [9.17, 15) is 4.79 Å². The summed E-state index contributed by atoms with van der Waals surface area (Å²) in [6.45, 7) is 1.81. The van der Waals surface area contributed by atoms with Gasteiger partial charge in [0, 0.05) is 32.9 Å². The number of nitrogens with zero attached hydrogens (tertiary/aromatic N) is 1. The summed E-state index contributed by atoms with van der Waals surface area (Å²) in [6.07, 6.45) is 2.32. The van der Waals surface area contributed by atoms with Crippen molar-refractivity contribution in [2.45, 2.75) is 19.4 Å². The molecule has 18 heavy (non-hydrogen) atoms. The van der Waals surface area contributed by atoms with Crippen LogP contribution in [0.4, 0.5) is 5.69 Å². The number of carbonyl (C=O) groups is 1. The third-order valence-electron chi connectivity index (χ3n) is 3.26. The van der Waals surface area contributed by atoms with E-state index in [1.54, 1.807) is 0 Å². The minimum Gasteiger partial charge on any atom is -0.375 e. The van der Waals surface area contributed by atoms with Crippen molar-refractivity contribution in [3.63, 3.8) is 0 Å². The van der Waals surface area contributed by atoms with Crippen molar-refractivity contribution in [3.8, 4) is 0 Å². The average Bonchev–Trinajstić information content (AvgIpc) is 2.37. The van der Waals surface area contributed by atoms with Crippen molar-refractivity contribution in [1.82, 2.24) is 5.32 Å². The first-order valence-electron chi connectivity index (χ1n) is 6.29. The molecule has 0 saturated heterocycles. The maximum Gasteiger partial charge on any atom is 0.246 e. The molecule has 1 N–H and O–H groups in total. The lowest BCUT2D eigenvalue weighted by molar-refractivity contribution is -0.124. The molecule has 0 radical (unpaired) electrons. The monoisotopic (exact) mass is 248 g/mol. The predicted molar refractivity (Wildman–Crippen MR) is 71.8 cm³/mol. The van der Waals surface area contributed by atoms with E-state index in [0.29, 0.717) is 6.54 Å². The van der Waals surface area contributed by atoms with Crippen LogP contribution in [0.5, 0.6) is 0 Å². The zero-order chi connectivity index (χ0) is 13.0. The Kier molecular flexibility index (Phi) is 4.20. The van der Waals surface area contributed by atoms with Gasteiger partial charge in [0.25, 0.3) is 0 Å². The molecular formula is C14H20N2O2. The molecule has 4 nitrogen and oxygen atoms in total. The van der Waals surface area contributed by atoms with Crippen LogP contribution in [0.15, 0.2) is 18.2 Å². The van der Waals surface area contributed by atoms with Gasteiger partial charge in [0.05, 0.1) is 0 Å². The van der Waals surface area contributed by atoms with E-state index in [1.807, 2.05) is 0 Å². The van der Waals surface area contributed by atoms with E-state index >= 15 is 0 Å². The highest BCUT2D eigenvalue weighted by atomic mass is 16.5. The average molecular weight is 248 g/mol. The van der Waals surface area contributed by atoms with Crippen molar-refractivity contribution in [3.05, 3.63) is 29.3 Å². The van der Waals surface area contributed by atoms with Gasteiger partial charge in [0.2, 0.25) is 5.91 Å². The summed E-state index contributed by atoms with van der Waals surface area (Å²) in [4.78, 5) is 13.6. The summed E-state index contributed by atoms with van der Waals surface area (Å²) in [5.41, 5.74) is 3.84. The first-order valence-corrected chi connectivity index (χ1v) is 6.29. The molecule has 2 rings (SSSR count). The van der Waals surface area contributed by atoms with E-state index in [4.69, 9.17) is 4.74 Å². The topological polar surface area (TPSA) is 41.6 Å². The first-order chi connectivity index (χ1) is 8.70. The van der Waals surface area contributed by atoms with Crippen molar-refractivity contribution >= 4 is 11.6 Å². The standard InChI is InChI=1S/C14H20N2O2/c1-16-7-3-4-12-8-11(5-6-13(12)16)9-15-14(17)10-18-2/h5-6,8H,3-4,7,9-10H2,1-2H3,(H,15,17). The Balaban J connectivity index is 2.00. The van der Waals surface area contributed by atoms with E-state index in [0.717, 1.165) is 18.5 Å². The number of hydrogen-bond acceptors (Lipinski definition) is 3. The number of amides is 1. The number of benzene rings is 1. The largest absolute Gasteiger partial charge is 0.375 e. The molecule has 98 valence electrons. The van der Waals surface area contributed by atoms with Crippen LogP contribution < -0.4 is 10.2 Å². The molecule has 1 aliphatic rings. The summed E-state index contributed by atoms with van der Waals surface area (Å²) < 4.78 is 4.78. The molecule has 4 heteroatoms. The van der Waals surface area contributed by atoms with Gasteiger partial charge in [0.1, 0.15) is 6.61 Å². The van der Waals surface area contributed by atoms with E-state index < -0.39 is 0 Å². The molecule has 0 aromatic heterocycles. The Morgan fingerprint density at radius 3 is 3.11 bits per heavy atom. The maximum absolute atomic E-state index is 11.3. The summed E-state index contributed by atoms with van der Waals surface area (Å²) in [5.74, 6) is -0.0765. The van der Waals surface area contributed by atoms with E-state index in [2.05, 4.69) is 35.5 Å². The van der Waals surface area contributed by atoms with Crippen LogP contribution in [0.25, 0.3) is 0 Å². The molecular weight excluding hydrogens is 228 g/mol. The normalized spacial score (nSPS) is 14.2. The zero-order valence-electron chi connectivity index (χ0n) is 11.0. The van der Waals surface area contributed by atoms with Crippen molar-refractivity contribution in [2.24, 2.45) is 0 Å². The SMILES string of the molecule is COCC(=O)NCc1ccc2c(c1)CCCN2C. The lowest BCUT2D eigenvalue weighted by atomic mass is 9.99. The van der Waals surface area contributed by atoms with Gasteiger partial charge in [-0.25, -0.2) is 0 Å². The molecule has 0 aliphatic carbocycles. The number of fused-ring (bicyclic) bond motifs is 1. The number of nitrogens with one attached hydrogen (secondary N) is 1. The third kappa shape index (κ3) is 3.01. The summed E-state index contributed by atoms with van der Waals surface area (Å²) in [7, 11) is 3.65. The molecule has 1 heterocycles. The van der Waals surface area contributed by atoms with Crippen molar-refractivity contribution < 1.29 is 9.53 Å². The fourth-order valence-electron chi connectivity index (χ4n) is 2.33. The fraction of sp³-hybridized carbons (Fsp3) is 0.500. The highest BCUT2D eigenvalue weighted by Gasteiger charge is 2.13. The molecule has 0 fully saturated rings. The summed E-state index contributed by atoms with van der Waals surface area (Å²) >= 11 is 0. The van der Waals surface area contributed by atoms with Gasteiger partial charge >= 0.3 is 0 Å². The Labute approximate surface area is 108 Å². The number of ether oxygens (including phenoxy) is 1. The van der Waals surface area contributed by atoms with Gasteiger partial charge in [-0.1, -0.05) is 12.1 Å². The Morgan fingerprint density at radius 2 is 2.33 bits per heavy atom. The number of anilines is 1. The van der Waals surface area contributed by atoms with Gasteiger partial charge in [0.15, 0.2) is 0 Å². The molecule has 1 amide bonds. The molecule has 0 saturated carbocycles. The first kappa shape index (κ1) is 12.9. The molecule has 1 aromatic carbocycles. The van der Waals surface area contributed by atoms with Gasteiger partial charge in [-0.2, -0.15) is 0 Å². The Hall–Kier alpha value is -1.55. The molecule has 0 spiro atoms. The van der Waals surface area contributed by atoms with Crippen LogP contribution in [0, 0.1) is 0 Å². The second kappa shape index (κ2) is 5.87. The number of rotatable bonds is 4. The van der Waals surface area contributed by atoms with Crippen LogP contribution in [0.3, 0.4) is 0 Å². The van der Waals surface area contributed by atoms with Crippen LogP contribution in [-0.4, -0.2) is 33.2 Å². The highest BCUT2D eigenvalue weighted by Crippen LogP contribution is 2.26. The Morgan fingerprint density at radius 1 is 1.50 bits per heavy atom. The van der Waals surface area contributed by atoms with Crippen LogP contribution in [0.2, 0.25) is 0 Å². The molecule has 1 aromatic rings. The summed E-state index contributed by atoms with van der Waals surface area (Å²) in [5, 5.41) is 2.84. The molecule has 1 aliphatic heterocycles. The number of hydrogen-bond donors (Lipinski definition) is 1. The quantitative estimate of drug-likeness (QED) is 0.874. The molecule has 0 unspecified atom stereocenters. The lowest BCUT2D eigenvalue weighted by Gasteiger charge is -2.27. The van der Waals surface area contributed by atoms with Gasteiger partial charge < -0.3 is 15.0 Å². The smallest absolute Gasteiger partial charge is 0.246 e.